The predicted molar refractivity (Wildman–Crippen MR) is 117 cm³/mol. The van der Waals surface area contributed by atoms with Gasteiger partial charge in [-0.1, -0.05) is 17.8 Å². The maximum absolute atomic E-state index is 12.6. The Labute approximate surface area is 182 Å². The standard InChI is InChI=1S/C20H21N5O5S/c1-28-15-9-4-12(10-16(15)29-2)11-31-20-24-23-17(18(26)25(20)21)22-14-7-5-13(6-8-14)19(27)30-3/h4-10H,11,21H2,1-3H3,(H,22,23). The molecule has 0 bridgehead atoms. The monoisotopic (exact) mass is 443 g/mol. The number of methoxy groups -OCH3 is 3. The smallest absolute Gasteiger partial charge is 0.337 e. The third kappa shape index (κ3) is 5.07. The number of carbonyl (C=O) groups excluding carboxylic acids is 1. The Morgan fingerprint density at radius 1 is 1.06 bits per heavy atom. The number of aromatic nitrogens is 3. The van der Waals surface area contributed by atoms with Crippen molar-refractivity contribution in [3.8, 4) is 11.5 Å². The van der Waals surface area contributed by atoms with Crippen molar-refractivity contribution in [3.05, 3.63) is 63.9 Å². The van der Waals surface area contributed by atoms with E-state index < -0.39 is 11.5 Å². The summed E-state index contributed by atoms with van der Waals surface area (Å²) in [4.78, 5) is 24.1. The van der Waals surface area contributed by atoms with Gasteiger partial charge in [0.2, 0.25) is 11.0 Å². The van der Waals surface area contributed by atoms with Crippen LogP contribution in [0.4, 0.5) is 11.5 Å². The van der Waals surface area contributed by atoms with E-state index in [1.54, 1.807) is 44.6 Å². The minimum atomic E-state index is -0.540. The van der Waals surface area contributed by atoms with Gasteiger partial charge in [0.05, 0.1) is 26.9 Å². The van der Waals surface area contributed by atoms with E-state index in [-0.39, 0.29) is 11.0 Å². The van der Waals surface area contributed by atoms with Gasteiger partial charge in [0.25, 0.3) is 0 Å². The minimum absolute atomic E-state index is 0.0382. The second-order valence-electron chi connectivity index (χ2n) is 6.18. The van der Waals surface area contributed by atoms with Crippen molar-refractivity contribution in [3.63, 3.8) is 0 Å². The Balaban J connectivity index is 1.72. The lowest BCUT2D eigenvalue weighted by Gasteiger charge is -2.11. The lowest BCUT2D eigenvalue weighted by Crippen LogP contribution is -2.32. The Hall–Kier alpha value is -3.73. The lowest BCUT2D eigenvalue weighted by molar-refractivity contribution is 0.0601. The van der Waals surface area contributed by atoms with Crippen LogP contribution in [0.3, 0.4) is 0 Å². The minimum Gasteiger partial charge on any atom is -0.493 e. The molecule has 0 saturated carbocycles. The van der Waals surface area contributed by atoms with Crippen LogP contribution in [0.15, 0.2) is 52.4 Å². The van der Waals surface area contributed by atoms with E-state index in [2.05, 4.69) is 20.3 Å². The van der Waals surface area contributed by atoms with Crippen LogP contribution in [0.2, 0.25) is 0 Å². The van der Waals surface area contributed by atoms with Crippen molar-refractivity contribution < 1.29 is 19.0 Å². The molecule has 3 rings (SSSR count). The number of hydrogen-bond acceptors (Lipinski definition) is 10. The van der Waals surface area contributed by atoms with E-state index in [1.807, 2.05) is 12.1 Å². The molecule has 0 aliphatic carbocycles. The van der Waals surface area contributed by atoms with Crippen LogP contribution >= 0.6 is 11.8 Å². The molecule has 3 aromatic rings. The second kappa shape index (κ2) is 9.85. The predicted octanol–water partition coefficient (Wildman–Crippen LogP) is 2.19. The quantitative estimate of drug-likeness (QED) is 0.303. The number of esters is 1. The van der Waals surface area contributed by atoms with Crippen molar-refractivity contribution in [1.82, 2.24) is 14.9 Å². The van der Waals surface area contributed by atoms with Crippen LogP contribution < -0.4 is 26.2 Å². The molecular weight excluding hydrogens is 422 g/mol. The molecule has 0 aliphatic rings. The third-order valence-electron chi connectivity index (χ3n) is 4.25. The highest BCUT2D eigenvalue weighted by Gasteiger charge is 2.13. The number of nitrogens with two attached hydrogens (primary N) is 1. The Bertz CT molecular complexity index is 1130. The van der Waals surface area contributed by atoms with Gasteiger partial charge < -0.3 is 25.4 Å². The van der Waals surface area contributed by atoms with Crippen LogP contribution in [-0.2, 0) is 10.5 Å². The van der Waals surface area contributed by atoms with Gasteiger partial charge in [-0.3, -0.25) is 4.79 Å². The first kappa shape index (κ1) is 22.0. The van der Waals surface area contributed by atoms with Crippen LogP contribution in [0.5, 0.6) is 11.5 Å². The molecule has 0 unspecified atom stereocenters. The zero-order valence-corrected chi connectivity index (χ0v) is 17.9. The summed E-state index contributed by atoms with van der Waals surface area (Å²) in [5.74, 6) is 7.16. The van der Waals surface area contributed by atoms with Gasteiger partial charge in [-0.15, -0.1) is 10.2 Å². The van der Waals surface area contributed by atoms with Gasteiger partial charge >= 0.3 is 11.5 Å². The Morgan fingerprint density at radius 3 is 2.42 bits per heavy atom. The molecule has 31 heavy (non-hydrogen) atoms. The summed E-state index contributed by atoms with van der Waals surface area (Å²) < 4.78 is 16.1. The fourth-order valence-electron chi connectivity index (χ4n) is 2.62. The SMILES string of the molecule is COC(=O)c1ccc(Nc2nnc(SCc3ccc(OC)c(OC)c3)n(N)c2=O)cc1. The van der Waals surface area contributed by atoms with Crippen molar-refractivity contribution in [2.75, 3.05) is 32.5 Å². The topological polar surface area (TPSA) is 131 Å². The number of benzene rings is 2. The molecule has 10 nitrogen and oxygen atoms in total. The highest BCUT2D eigenvalue weighted by Crippen LogP contribution is 2.30. The average Bonchev–Trinajstić information content (AvgIpc) is 2.81. The molecule has 0 atom stereocenters. The Morgan fingerprint density at radius 2 is 1.77 bits per heavy atom. The number of nitrogen functional groups attached to an aromatic ring is 1. The van der Waals surface area contributed by atoms with E-state index in [9.17, 15) is 9.59 Å². The van der Waals surface area contributed by atoms with E-state index >= 15 is 0 Å². The highest BCUT2D eigenvalue weighted by atomic mass is 32.2. The molecule has 1 heterocycles. The number of anilines is 2. The van der Waals surface area contributed by atoms with Crippen LogP contribution in [0.25, 0.3) is 0 Å². The fourth-order valence-corrected chi connectivity index (χ4v) is 3.42. The van der Waals surface area contributed by atoms with Gasteiger partial charge in [0.15, 0.2) is 11.5 Å². The second-order valence-corrected chi connectivity index (χ2v) is 7.12. The van der Waals surface area contributed by atoms with Crippen LogP contribution in [0, 0.1) is 0 Å². The Kier molecular flexibility index (Phi) is 6.98. The molecule has 2 aromatic carbocycles. The van der Waals surface area contributed by atoms with Crippen LogP contribution in [0.1, 0.15) is 15.9 Å². The first-order chi connectivity index (χ1) is 15.0. The van der Waals surface area contributed by atoms with Gasteiger partial charge in [-0.25, -0.2) is 4.79 Å². The van der Waals surface area contributed by atoms with Gasteiger partial charge in [-0.2, -0.15) is 4.68 Å². The number of thioether (sulfide) groups is 1. The molecule has 1 aromatic heterocycles. The van der Waals surface area contributed by atoms with E-state index in [4.69, 9.17) is 15.3 Å². The zero-order valence-electron chi connectivity index (χ0n) is 17.1. The first-order valence-corrected chi connectivity index (χ1v) is 9.99. The summed E-state index contributed by atoms with van der Waals surface area (Å²) in [6.45, 7) is 0. The highest BCUT2D eigenvalue weighted by molar-refractivity contribution is 7.98. The number of rotatable bonds is 8. The summed E-state index contributed by atoms with van der Waals surface area (Å²) >= 11 is 1.26. The van der Waals surface area contributed by atoms with E-state index in [0.717, 1.165) is 10.2 Å². The average molecular weight is 443 g/mol. The van der Waals surface area contributed by atoms with E-state index in [0.29, 0.717) is 28.5 Å². The fraction of sp³-hybridized carbons (Fsp3) is 0.200. The summed E-state index contributed by atoms with van der Waals surface area (Å²) in [5.41, 5.74) is 1.33. The van der Waals surface area contributed by atoms with E-state index in [1.165, 1.54) is 18.9 Å². The summed E-state index contributed by atoms with van der Waals surface area (Å²) in [5, 5.41) is 11.1. The van der Waals surface area contributed by atoms with Gasteiger partial charge in [-0.05, 0) is 42.0 Å². The molecule has 11 heteroatoms. The molecule has 0 saturated heterocycles. The molecule has 0 radical (unpaired) electrons. The molecular formula is C20H21N5O5S. The number of nitrogens with zero attached hydrogens (tertiary/aromatic N) is 3. The lowest BCUT2D eigenvalue weighted by atomic mass is 10.2. The van der Waals surface area contributed by atoms with Gasteiger partial charge in [0, 0.05) is 11.4 Å². The largest absolute Gasteiger partial charge is 0.493 e. The molecule has 0 spiro atoms. The molecule has 3 N–H and O–H groups in total. The normalized spacial score (nSPS) is 10.4. The number of ether oxygens (including phenoxy) is 3. The van der Waals surface area contributed by atoms with Crippen molar-refractivity contribution in [2.45, 2.75) is 10.9 Å². The molecule has 0 fully saturated rings. The summed E-state index contributed by atoms with van der Waals surface area (Å²) in [6, 6.07) is 11.9. The number of carbonyl (C=O) groups is 1. The zero-order chi connectivity index (χ0) is 22.4. The maximum Gasteiger partial charge on any atom is 0.337 e. The first-order valence-electron chi connectivity index (χ1n) is 9.00. The third-order valence-corrected chi connectivity index (χ3v) is 5.26. The van der Waals surface area contributed by atoms with Crippen molar-refractivity contribution >= 4 is 29.2 Å². The number of nitrogens with one attached hydrogen (secondary N) is 1. The molecule has 0 aliphatic heterocycles. The molecule has 162 valence electrons. The molecule has 0 amide bonds. The van der Waals surface area contributed by atoms with Gasteiger partial charge in [0.1, 0.15) is 0 Å². The van der Waals surface area contributed by atoms with Crippen LogP contribution in [-0.4, -0.2) is 42.2 Å². The number of hydrogen-bond donors (Lipinski definition) is 2. The van der Waals surface area contributed by atoms with Crippen molar-refractivity contribution in [2.24, 2.45) is 0 Å². The van der Waals surface area contributed by atoms with Crippen molar-refractivity contribution in [1.29, 1.82) is 0 Å². The summed E-state index contributed by atoms with van der Waals surface area (Å²) in [7, 11) is 4.43. The maximum atomic E-state index is 12.6. The summed E-state index contributed by atoms with van der Waals surface area (Å²) in [6.07, 6.45) is 0.